The van der Waals surface area contributed by atoms with Crippen LogP contribution in [0.3, 0.4) is 0 Å². The third-order valence-electron chi connectivity index (χ3n) is 4.22. The first-order valence-electron chi connectivity index (χ1n) is 8.17. The Balaban J connectivity index is 1.67. The average molecular weight is 349 g/mol. The summed E-state index contributed by atoms with van der Waals surface area (Å²) in [5.74, 6) is 1.32. The molecule has 0 N–H and O–H groups in total. The van der Waals surface area contributed by atoms with E-state index in [0.29, 0.717) is 24.0 Å². The number of para-hydroxylation sites is 1. The molecule has 0 spiro atoms. The van der Waals surface area contributed by atoms with Crippen LogP contribution in [0, 0.1) is 0 Å². The maximum Gasteiger partial charge on any atom is 0.244 e. The van der Waals surface area contributed by atoms with Gasteiger partial charge in [0, 0.05) is 13.0 Å². The topological polar surface area (TPSA) is 62.5 Å². The summed E-state index contributed by atoms with van der Waals surface area (Å²) in [7, 11) is 1.91. The van der Waals surface area contributed by atoms with Gasteiger partial charge in [0.15, 0.2) is 5.82 Å². The minimum atomic E-state index is -0.206. The Morgan fingerprint density at radius 2 is 2.21 bits per heavy atom. The molecule has 128 valence electrons. The quantitative estimate of drug-likeness (QED) is 0.803. The van der Waals surface area contributed by atoms with E-state index < -0.39 is 0 Å². The number of aryl methyl sites for hydroxylation is 1. The van der Waals surface area contributed by atoms with Gasteiger partial charge in [0.2, 0.25) is 11.8 Å². The van der Waals surface area contributed by atoms with E-state index in [1.807, 2.05) is 30.1 Å². The van der Waals surface area contributed by atoms with Crippen molar-refractivity contribution in [1.29, 1.82) is 0 Å². The van der Waals surface area contributed by atoms with E-state index in [4.69, 9.17) is 16.1 Å². The van der Waals surface area contributed by atoms with Gasteiger partial charge in [0.05, 0.1) is 23.3 Å². The maximum absolute atomic E-state index is 12.8. The van der Waals surface area contributed by atoms with Gasteiger partial charge in [0.1, 0.15) is 0 Å². The van der Waals surface area contributed by atoms with Gasteiger partial charge >= 0.3 is 0 Å². The zero-order chi connectivity index (χ0) is 17.1. The number of aromatic nitrogens is 2. The summed E-state index contributed by atoms with van der Waals surface area (Å²) in [6.07, 6.45) is 2.52. The minimum Gasteiger partial charge on any atom is -0.338 e. The SMILES string of the molecule is CCCc1noc(CN(C)[C@@H]2CCN(c3ccccc3Cl)C2=O)n1. The molecule has 2 heterocycles. The van der Waals surface area contributed by atoms with Crippen molar-refractivity contribution in [3.63, 3.8) is 0 Å². The summed E-state index contributed by atoms with van der Waals surface area (Å²) < 4.78 is 5.26. The molecule has 1 aliphatic rings. The molecule has 7 heteroatoms. The number of carbonyl (C=O) groups is 1. The van der Waals surface area contributed by atoms with Crippen molar-refractivity contribution in [2.45, 2.75) is 38.8 Å². The molecule has 2 aromatic rings. The lowest BCUT2D eigenvalue weighted by molar-refractivity contribution is -0.121. The molecule has 0 radical (unpaired) electrons. The number of amides is 1. The van der Waals surface area contributed by atoms with Crippen LogP contribution < -0.4 is 4.90 Å². The van der Waals surface area contributed by atoms with Crippen molar-refractivity contribution in [2.24, 2.45) is 0 Å². The number of rotatable bonds is 6. The van der Waals surface area contributed by atoms with Gasteiger partial charge in [-0.2, -0.15) is 4.98 Å². The molecule has 1 saturated heterocycles. The van der Waals surface area contributed by atoms with Crippen molar-refractivity contribution in [1.82, 2.24) is 15.0 Å². The number of hydrogen-bond acceptors (Lipinski definition) is 5. The molecule has 3 rings (SSSR count). The van der Waals surface area contributed by atoms with E-state index in [9.17, 15) is 4.79 Å². The molecule has 1 amide bonds. The first-order chi connectivity index (χ1) is 11.6. The Labute approximate surface area is 146 Å². The van der Waals surface area contributed by atoms with Gasteiger partial charge in [-0.3, -0.25) is 9.69 Å². The largest absolute Gasteiger partial charge is 0.338 e. The molecule has 1 aromatic carbocycles. The third-order valence-corrected chi connectivity index (χ3v) is 4.54. The van der Waals surface area contributed by atoms with Crippen molar-refractivity contribution < 1.29 is 9.32 Å². The van der Waals surface area contributed by atoms with Crippen molar-refractivity contribution >= 4 is 23.2 Å². The molecular formula is C17H21ClN4O2. The van der Waals surface area contributed by atoms with E-state index in [-0.39, 0.29) is 11.9 Å². The second-order valence-electron chi connectivity index (χ2n) is 6.02. The highest BCUT2D eigenvalue weighted by Gasteiger charge is 2.36. The van der Waals surface area contributed by atoms with Crippen LogP contribution in [0.1, 0.15) is 31.5 Å². The highest BCUT2D eigenvalue weighted by Crippen LogP contribution is 2.30. The van der Waals surface area contributed by atoms with Gasteiger partial charge in [0.25, 0.3) is 0 Å². The zero-order valence-electron chi connectivity index (χ0n) is 13.9. The smallest absolute Gasteiger partial charge is 0.244 e. The lowest BCUT2D eigenvalue weighted by atomic mass is 10.2. The number of hydrogen-bond donors (Lipinski definition) is 0. The summed E-state index contributed by atoms with van der Waals surface area (Å²) >= 11 is 6.22. The first-order valence-corrected chi connectivity index (χ1v) is 8.55. The normalized spacial score (nSPS) is 17.9. The molecule has 1 aromatic heterocycles. The highest BCUT2D eigenvalue weighted by atomic mass is 35.5. The molecule has 1 fully saturated rings. The van der Waals surface area contributed by atoms with Gasteiger partial charge in [-0.1, -0.05) is 35.8 Å². The van der Waals surface area contributed by atoms with Gasteiger partial charge in [-0.25, -0.2) is 0 Å². The van der Waals surface area contributed by atoms with Gasteiger partial charge < -0.3 is 9.42 Å². The van der Waals surface area contributed by atoms with Crippen molar-refractivity contribution in [3.05, 3.63) is 41.0 Å². The van der Waals surface area contributed by atoms with E-state index in [1.165, 1.54) is 0 Å². The fourth-order valence-corrected chi connectivity index (χ4v) is 3.22. The van der Waals surface area contributed by atoms with E-state index >= 15 is 0 Å². The highest BCUT2D eigenvalue weighted by molar-refractivity contribution is 6.33. The minimum absolute atomic E-state index is 0.0545. The number of benzene rings is 1. The lowest BCUT2D eigenvalue weighted by Crippen LogP contribution is -2.39. The fraction of sp³-hybridized carbons (Fsp3) is 0.471. The Morgan fingerprint density at radius 3 is 2.96 bits per heavy atom. The van der Waals surface area contributed by atoms with Crippen LogP contribution in [-0.4, -0.2) is 40.6 Å². The summed E-state index contributed by atoms with van der Waals surface area (Å²) in [5, 5.41) is 4.55. The molecular weight excluding hydrogens is 328 g/mol. The van der Waals surface area contributed by atoms with E-state index in [2.05, 4.69) is 17.1 Å². The standard InChI is InChI=1S/C17H21ClN4O2/c1-3-6-15-19-16(24-20-15)11-21(2)14-9-10-22(17(14)23)13-8-5-4-7-12(13)18/h4-5,7-8,14H,3,6,9-11H2,1-2H3/t14-/m1/s1. The summed E-state index contributed by atoms with van der Waals surface area (Å²) in [5.41, 5.74) is 0.767. The predicted molar refractivity (Wildman–Crippen MR) is 92.0 cm³/mol. The molecule has 0 unspecified atom stereocenters. The maximum atomic E-state index is 12.8. The van der Waals surface area contributed by atoms with Crippen LogP contribution in [0.5, 0.6) is 0 Å². The van der Waals surface area contributed by atoms with Crippen LogP contribution in [-0.2, 0) is 17.8 Å². The number of likely N-dealkylation sites (N-methyl/N-ethyl adjacent to an activating group) is 1. The van der Waals surface area contributed by atoms with Crippen LogP contribution in [0.25, 0.3) is 0 Å². The lowest BCUT2D eigenvalue weighted by Gasteiger charge is -2.22. The monoisotopic (exact) mass is 348 g/mol. The van der Waals surface area contributed by atoms with E-state index in [1.54, 1.807) is 11.0 Å². The third kappa shape index (κ3) is 3.44. The number of anilines is 1. The second-order valence-corrected chi connectivity index (χ2v) is 6.42. The van der Waals surface area contributed by atoms with Crippen LogP contribution in [0.4, 0.5) is 5.69 Å². The van der Waals surface area contributed by atoms with E-state index in [0.717, 1.165) is 30.8 Å². The van der Waals surface area contributed by atoms with Crippen molar-refractivity contribution in [2.75, 3.05) is 18.5 Å². The Hall–Kier alpha value is -1.92. The molecule has 0 aliphatic carbocycles. The zero-order valence-corrected chi connectivity index (χ0v) is 14.7. The molecule has 0 saturated carbocycles. The first kappa shape index (κ1) is 16.9. The number of carbonyl (C=O) groups excluding carboxylic acids is 1. The Bertz CT molecular complexity index is 718. The predicted octanol–water partition coefficient (Wildman–Crippen LogP) is 2.91. The summed E-state index contributed by atoms with van der Waals surface area (Å²) in [4.78, 5) is 20.8. The molecule has 1 aliphatic heterocycles. The van der Waals surface area contributed by atoms with Gasteiger partial charge in [-0.05, 0) is 32.0 Å². The molecule has 6 nitrogen and oxygen atoms in total. The molecule has 24 heavy (non-hydrogen) atoms. The average Bonchev–Trinajstić information content (AvgIpc) is 3.15. The summed E-state index contributed by atoms with van der Waals surface area (Å²) in [6.45, 7) is 3.19. The Kier molecular flexibility index (Phi) is 5.16. The van der Waals surface area contributed by atoms with Crippen LogP contribution >= 0.6 is 11.6 Å². The molecule has 1 atom stereocenters. The van der Waals surface area contributed by atoms with Crippen LogP contribution in [0.15, 0.2) is 28.8 Å². The number of halogens is 1. The fourth-order valence-electron chi connectivity index (χ4n) is 2.99. The van der Waals surface area contributed by atoms with Gasteiger partial charge in [-0.15, -0.1) is 0 Å². The summed E-state index contributed by atoms with van der Waals surface area (Å²) in [6, 6.07) is 7.22. The van der Waals surface area contributed by atoms with Crippen molar-refractivity contribution in [3.8, 4) is 0 Å². The Morgan fingerprint density at radius 1 is 1.42 bits per heavy atom. The second kappa shape index (κ2) is 7.32. The number of nitrogens with zero attached hydrogens (tertiary/aromatic N) is 4. The van der Waals surface area contributed by atoms with Crippen LogP contribution in [0.2, 0.25) is 5.02 Å². The molecule has 0 bridgehead atoms.